The third kappa shape index (κ3) is 4.82. The first kappa shape index (κ1) is 18.4. The molecule has 3 aromatic carbocycles. The van der Waals surface area contributed by atoms with Crippen LogP contribution in [0.25, 0.3) is 0 Å². The minimum atomic E-state index is -0.198. The fraction of sp³-hybridized carbons (Fsp3) is 0.130. The summed E-state index contributed by atoms with van der Waals surface area (Å²) >= 11 is 0. The average molecular weight is 358 g/mol. The molecule has 0 bridgehead atoms. The molecule has 0 saturated carbocycles. The largest absolute Gasteiger partial charge is 0.348 e. The van der Waals surface area contributed by atoms with Crippen LogP contribution in [0, 0.1) is 13.8 Å². The monoisotopic (exact) mass is 358 g/mol. The van der Waals surface area contributed by atoms with Crippen LogP contribution in [-0.2, 0) is 6.54 Å². The van der Waals surface area contributed by atoms with Gasteiger partial charge in [0.15, 0.2) is 0 Å². The Kier molecular flexibility index (Phi) is 5.67. The van der Waals surface area contributed by atoms with E-state index in [-0.39, 0.29) is 11.8 Å². The van der Waals surface area contributed by atoms with Gasteiger partial charge in [-0.2, -0.15) is 0 Å². The Morgan fingerprint density at radius 3 is 2.19 bits per heavy atom. The van der Waals surface area contributed by atoms with Gasteiger partial charge in [-0.05, 0) is 49.2 Å². The van der Waals surface area contributed by atoms with Crippen LogP contribution in [0.4, 0.5) is 5.69 Å². The van der Waals surface area contributed by atoms with Crippen molar-refractivity contribution in [3.8, 4) is 0 Å². The van der Waals surface area contributed by atoms with Gasteiger partial charge >= 0.3 is 0 Å². The van der Waals surface area contributed by atoms with Crippen molar-refractivity contribution in [1.82, 2.24) is 5.32 Å². The summed E-state index contributed by atoms with van der Waals surface area (Å²) in [5, 5.41) is 5.80. The first-order chi connectivity index (χ1) is 13.0. The standard InChI is InChI=1S/C23H22N2O2/c1-16-8-11-18(12-9-16)15-24-22(26)20-13-10-17(2)21(14-20)25-23(27)19-6-4-3-5-7-19/h3-14H,15H2,1-2H3,(H,24,26)(H,25,27). The Balaban J connectivity index is 1.69. The second-order valence-electron chi connectivity index (χ2n) is 6.52. The maximum atomic E-state index is 12.5. The lowest BCUT2D eigenvalue weighted by Crippen LogP contribution is -2.23. The van der Waals surface area contributed by atoms with Crippen molar-refractivity contribution in [1.29, 1.82) is 0 Å². The first-order valence-corrected chi connectivity index (χ1v) is 8.84. The minimum absolute atomic E-state index is 0.175. The smallest absolute Gasteiger partial charge is 0.255 e. The van der Waals surface area contributed by atoms with Gasteiger partial charge in [0.25, 0.3) is 11.8 Å². The SMILES string of the molecule is Cc1ccc(CNC(=O)c2ccc(C)c(NC(=O)c3ccccc3)c2)cc1. The molecule has 0 aromatic heterocycles. The number of hydrogen-bond donors (Lipinski definition) is 2. The van der Waals surface area contributed by atoms with E-state index in [0.29, 0.717) is 23.4 Å². The Morgan fingerprint density at radius 1 is 0.778 bits per heavy atom. The molecule has 0 saturated heterocycles. The Labute approximate surface area is 159 Å². The summed E-state index contributed by atoms with van der Waals surface area (Å²) < 4.78 is 0. The summed E-state index contributed by atoms with van der Waals surface area (Å²) in [5.41, 5.74) is 4.84. The van der Waals surface area contributed by atoms with E-state index in [0.717, 1.165) is 11.1 Å². The van der Waals surface area contributed by atoms with E-state index in [2.05, 4.69) is 10.6 Å². The topological polar surface area (TPSA) is 58.2 Å². The average Bonchev–Trinajstić information content (AvgIpc) is 2.69. The second-order valence-corrected chi connectivity index (χ2v) is 6.52. The van der Waals surface area contributed by atoms with Gasteiger partial charge in [-0.3, -0.25) is 9.59 Å². The van der Waals surface area contributed by atoms with Crippen molar-refractivity contribution in [2.24, 2.45) is 0 Å². The molecule has 27 heavy (non-hydrogen) atoms. The third-order valence-electron chi connectivity index (χ3n) is 4.36. The molecule has 2 amide bonds. The van der Waals surface area contributed by atoms with Crippen molar-refractivity contribution in [3.05, 3.63) is 101 Å². The number of aryl methyl sites for hydroxylation is 2. The zero-order valence-electron chi connectivity index (χ0n) is 15.5. The minimum Gasteiger partial charge on any atom is -0.348 e. The van der Waals surface area contributed by atoms with Crippen LogP contribution in [-0.4, -0.2) is 11.8 Å². The van der Waals surface area contributed by atoms with E-state index in [9.17, 15) is 9.59 Å². The van der Waals surface area contributed by atoms with E-state index in [1.165, 1.54) is 5.56 Å². The van der Waals surface area contributed by atoms with Gasteiger partial charge in [-0.15, -0.1) is 0 Å². The number of amides is 2. The molecule has 0 fully saturated rings. The molecule has 136 valence electrons. The van der Waals surface area contributed by atoms with E-state index in [1.807, 2.05) is 62.4 Å². The molecule has 4 heteroatoms. The van der Waals surface area contributed by atoms with E-state index >= 15 is 0 Å². The van der Waals surface area contributed by atoms with Crippen LogP contribution in [0.5, 0.6) is 0 Å². The number of carbonyl (C=O) groups is 2. The summed E-state index contributed by atoms with van der Waals surface area (Å²) in [6.07, 6.45) is 0. The van der Waals surface area contributed by atoms with Crippen molar-refractivity contribution in [2.75, 3.05) is 5.32 Å². The zero-order valence-corrected chi connectivity index (χ0v) is 15.5. The van der Waals surface area contributed by atoms with Crippen LogP contribution >= 0.6 is 0 Å². The highest BCUT2D eigenvalue weighted by atomic mass is 16.2. The molecule has 0 radical (unpaired) electrons. The molecule has 0 aliphatic heterocycles. The predicted octanol–water partition coefficient (Wildman–Crippen LogP) is 4.49. The predicted molar refractivity (Wildman–Crippen MR) is 108 cm³/mol. The van der Waals surface area contributed by atoms with Crippen molar-refractivity contribution in [3.63, 3.8) is 0 Å². The molecule has 3 rings (SSSR count). The molecule has 0 unspecified atom stereocenters. The summed E-state index contributed by atoms with van der Waals surface area (Å²) in [5.74, 6) is -0.373. The summed E-state index contributed by atoms with van der Waals surface area (Å²) in [6.45, 7) is 4.38. The van der Waals surface area contributed by atoms with Gasteiger partial charge in [0, 0.05) is 23.4 Å². The Bertz CT molecular complexity index is 948. The number of anilines is 1. The van der Waals surface area contributed by atoms with Gasteiger partial charge in [0.1, 0.15) is 0 Å². The van der Waals surface area contributed by atoms with Crippen LogP contribution in [0.1, 0.15) is 37.4 Å². The zero-order chi connectivity index (χ0) is 19.2. The van der Waals surface area contributed by atoms with E-state index in [4.69, 9.17) is 0 Å². The van der Waals surface area contributed by atoms with E-state index in [1.54, 1.807) is 24.3 Å². The van der Waals surface area contributed by atoms with Crippen molar-refractivity contribution < 1.29 is 9.59 Å². The highest BCUT2D eigenvalue weighted by Crippen LogP contribution is 2.18. The number of hydrogen-bond acceptors (Lipinski definition) is 2. The maximum absolute atomic E-state index is 12.5. The fourth-order valence-corrected chi connectivity index (χ4v) is 2.67. The maximum Gasteiger partial charge on any atom is 0.255 e. The molecule has 3 aromatic rings. The highest BCUT2D eigenvalue weighted by Gasteiger charge is 2.11. The number of nitrogens with one attached hydrogen (secondary N) is 2. The highest BCUT2D eigenvalue weighted by molar-refractivity contribution is 6.05. The molecular weight excluding hydrogens is 336 g/mol. The van der Waals surface area contributed by atoms with Gasteiger partial charge in [-0.25, -0.2) is 0 Å². The third-order valence-corrected chi connectivity index (χ3v) is 4.36. The number of rotatable bonds is 5. The number of benzene rings is 3. The molecule has 0 spiro atoms. The molecule has 2 N–H and O–H groups in total. The van der Waals surface area contributed by atoms with Crippen LogP contribution in [0.2, 0.25) is 0 Å². The lowest BCUT2D eigenvalue weighted by Gasteiger charge is -2.11. The molecule has 0 atom stereocenters. The van der Waals surface area contributed by atoms with E-state index < -0.39 is 0 Å². The van der Waals surface area contributed by atoms with Crippen molar-refractivity contribution >= 4 is 17.5 Å². The Morgan fingerprint density at radius 2 is 1.48 bits per heavy atom. The lowest BCUT2D eigenvalue weighted by molar-refractivity contribution is 0.0949. The van der Waals surface area contributed by atoms with Crippen LogP contribution < -0.4 is 10.6 Å². The molecular formula is C23H22N2O2. The molecule has 4 nitrogen and oxygen atoms in total. The summed E-state index contributed by atoms with van der Waals surface area (Å²) in [7, 11) is 0. The van der Waals surface area contributed by atoms with Gasteiger partial charge in [0.05, 0.1) is 0 Å². The second kappa shape index (κ2) is 8.32. The van der Waals surface area contributed by atoms with Crippen LogP contribution in [0.3, 0.4) is 0 Å². The number of carbonyl (C=O) groups excluding carboxylic acids is 2. The quantitative estimate of drug-likeness (QED) is 0.706. The van der Waals surface area contributed by atoms with Gasteiger partial charge in [0.2, 0.25) is 0 Å². The van der Waals surface area contributed by atoms with Gasteiger partial charge in [-0.1, -0.05) is 54.1 Å². The fourth-order valence-electron chi connectivity index (χ4n) is 2.67. The van der Waals surface area contributed by atoms with Crippen LogP contribution in [0.15, 0.2) is 72.8 Å². The summed E-state index contributed by atoms with van der Waals surface area (Å²) in [6, 6.07) is 22.3. The molecule has 0 heterocycles. The normalized spacial score (nSPS) is 10.3. The molecule has 0 aliphatic carbocycles. The lowest BCUT2D eigenvalue weighted by atomic mass is 10.1. The Hall–Kier alpha value is -3.40. The van der Waals surface area contributed by atoms with Gasteiger partial charge < -0.3 is 10.6 Å². The molecule has 0 aliphatic rings. The summed E-state index contributed by atoms with van der Waals surface area (Å²) in [4.78, 5) is 24.9. The first-order valence-electron chi connectivity index (χ1n) is 8.84. The van der Waals surface area contributed by atoms with Crippen molar-refractivity contribution in [2.45, 2.75) is 20.4 Å².